The Labute approximate surface area is 103 Å². The van der Waals surface area contributed by atoms with Crippen molar-refractivity contribution in [3.63, 3.8) is 0 Å². The molecule has 2 nitrogen and oxygen atoms in total. The SMILES string of the molecule is CC(C)C1CCC(N)C(S(=O)C(C)(C)C)C1. The fourth-order valence-electron chi connectivity index (χ4n) is 2.49. The molecule has 0 bridgehead atoms. The highest BCUT2D eigenvalue weighted by Crippen LogP contribution is 2.34. The predicted molar refractivity (Wildman–Crippen MR) is 71.8 cm³/mol. The number of hydrogen-bond acceptors (Lipinski definition) is 2. The van der Waals surface area contributed by atoms with Crippen molar-refractivity contribution in [1.29, 1.82) is 0 Å². The molecule has 16 heavy (non-hydrogen) atoms. The highest BCUT2D eigenvalue weighted by atomic mass is 32.2. The van der Waals surface area contributed by atoms with Gasteiger partial charge in [-0.25, -0.2) is 0 Å². The molecule has 1 rings (SSSR count). The second-order valence-corrected chi connectivity index (χ2v) is 8.85. The molecule has 3 heteroatoms. The first-order valence-corrected chi connectivity index (χ1v) is 7.61. The molecule has 1 aliphatic rings. The third-order valence-electron chi connectivity index (χ3n) is 3.70. The monoisotopic (exact) mass is 245 g/mol. The summed E-state index contributed by atoms with van der Waals surface area (Å²) >= 11 is 0. The number of nitrogens with two attached hydrogens (primary N) is 1. The van der Waals surface area contributed by atoms with Gasteiger partial charge in [-0.05, 0) is 51.9 Å². The zero-order valence-corrected chi connectivity index (χ0v) is 12.1. The van der Waals surface area contributed by atoms with Crippen LogP contribution in [0.25, 0.3) is 0 Å². The van der Waals surface area contributed by atoms with E-state index in [9.17, 15) is 4.21 Å². The molecule has 4 atom stereocenters. The van der Waals surface area contributed by atoms with E-state index < -0.39 is 10.8 Å². The van der Waals surface area contributed by atoms with Crippen LogP contribution in [0, 0.1) is 11.8 Å². The molecule has 0 radical (unpaired) electrons. The van der Waals surface area contributed by atoms with Crippen LogP contribution >= 0.6 is 0 Å². The average Bonchev–Trinajstić information content (AvgIpc) is 2.15. The topological polar surface area (TPSA) is 43.1 Å². The van der Waals surface area contributed by atoms with E-state index in [1.54, 1.807) is 0 Å². The highest BCUT2D eigenvalue weighted by Gasteiger charge is 2.37. The van der Waals surface area contributed by atoms with Crippen molar-refractivity contribution in [3.8, 4) is 0 Å². The standard InChI is InChI=1S/C13H27NOS/c1-9(2)10-6-7-11(14)12(8-10)16(15)13(3,4)5/h9-12H,6-8,14H2,1-5H3. The summed E-state index contributed by atoms with van der Waals surface area (Å²) in [6.07, 6.45) is 3.29. The molecule has 0 aromatic carbocycles. The van der Waals surface area contributed by atoms with Crippen LogP contribution in [0.1, 0.15) is 53.9 Å². The molecule has 0 aromatic rings. The van der Waals surface area contributed by atoms with Crippen molar-refractivity contribution in [2.75, 3.05) is 0 Å². The van der Waals surface area contributed by atoms with E-state index in [0.717, 1.165) is 12.8 Å². The first-order chi connectivity index (χ1) is 7.23. The average molecular weight is 245 g/mol. The van der Waals surface area contributed by atoms with Gasteiger partial charge >= 0.3 is 0 Å². The molecule has 1 saturated carbocycles. The first kappa shape index (κ1) is 14.2. The minimum Gasteiger partial charge on any atom is -0.327 e. The summed E-state index contributed by atoms with van der Waals surface area (Å²) in [4.78, 5) is 0. The second kappa shape index (κ2) is 5.18. The lowest BCUT2D eigenvalue weighted by molar-refractivity contribution is 0.263. The van der Waals surface area contributed by atoms with Crippen molar-refractivity contribution in [3.05, 3.63) is 0 Å². The van der Waals surface area contributed by atoms with E-state index in [0.29, 0.717) is 11.8 Å². The first-order valence-electron chi connectivity index (χ1n) is 6.39. The van der Waals surface area contributed by atoms with Crippen molar-refractivity contribution >= 4 is 10.8 Å². The number of hydrogen-bond donors (Lipinski definition) is 1. The lowest BCUT2D eigenvalue weighted by Gasteiger charge is -2.38. The van der Waals surface area contributed by atoms with Crippen LogP contribution in [0.5, 0.6) is 0 Å². The molecule has 4 unspecified atom stereocenters. The maximum Gasteiger partial charge on any atom is 0.0507 e. The summed E-state index contributed by atoms with van der Waals surface area (Å²) in [5.41, 5.74) is 6.15. The van der Waals surface area contributed by atoms with Crippen LogP contribution in [0.4, 0.5) is 0 Å². The summed E-state index contributed by atoms with van der Waals surface area (Å²) in [5.74, 6) is 1.39. The van der Waals surface area contributed by atoms with Crippen LogP contribution in [0.3, 0.4) is 0 Å². The Morgan fingerprint density at radius 3 is 2.25 bits per heavy atom. The Kier molecular flexibility index (Phi) is 4.58. The smallest absolute Gasteiger partial charge is 0.0507 e. The van der Waals surface area contributed by atoms with Gasteiger partial charge < -0.3 is 5.73 Å². The molecular formula is C13H27NOS. The van der Waals surface area contributed by atoms with Gasteiger partial charge in [0.25, 0.3) is 0 Å². The van der Waals surface area contributed by atoms with E-state index >= 15 is 0 Å². The quantitative estimate of drug-likeness (QED) is 0.813. The van der Waals surface area contributed by atoms with Crippen molar-refractivity contribution in [2.45, 2.75) is 69.9 Å². The van der Waals surface area contributed by atoms with Gasteiger partial charge in [-0.3, -0.25) is 4.21 Å². The van der Waals surface area contributed by atoms with Gasteiger partial charge in [0.2, 0.25) is 0 Å². The number of rotatable bonds is 2. The molecule has 1 aliphatic carbocycles. The van der Waals surface area contributed by atoms with Crippen molar-refractivity contribution < 1.29 is 4.21 Å². The van der Waals surface area contributed by atoms with E-state index in [-0.39, 0.29) is 16.0 Å². The molecule has 0 heterocycles. The maximum absolute atomic E-state index is 12.4. The molecule has 1 fully saturated rings. The minimum absolute atomic E-state index is 0.134. The van der Waals surface area contributed by atoms with Gasteiger partial charge in [-0.1, -0.05) is 13.8 Å². The predicted octanol–water partition coefficient (Wildman–Crippen LogP) is 2.69. The van der Waals surface area contributed by atoms with Gasteiger partial charge in [0.1, 0.15) is 0 Å². The molecule has 0 amide bonds. The molecule has 96 valence electrons. The third kappa shape index (κ3) is 3.30. The Hall–Kier alpha value is 0.110. The maximum atomic E-state index is 12.4. The molecule has 0 saturated heterocycles. The molecular weight excluding hydrogens is 218 g/mol. The lowest BCUT2D eigenvalue weighted by atomic mass is 9.79. The Balaban J connectivity index is 2.74. The van der Waals surface area contributed by atoms with E-state index in [2.05, 4.69) is 34.6 Å². The zero-order valence-electron chi connectivity index (χ0n) is 11.3. The van der Waals surface area contributed by atoms with Gasteiger partial charge in [0.15, 0.2) is 0 Å². The fraction of sp³-hybridized carbons (Fsp3) is 1.00. The molecule has 0 aliphatic heterocycles. The van der Waals surface area contributed by atoms with Crippen molar-refractivity contribution in [2.24, 2.45) is 17.6 Å². The van der Waals surface area contributed by atoms with Gasteiger partial charge in [-0.15, -0.1) is 0 Å². The molecule has 0 aromatic heterocycles. The normalized spacial score (nSPS) is 34.1. The van der Waals surface area contributed by atoms with Crippen LogP contribution in [0.15, 0.2) is 0 Å². The molecule has 0 spiro atoms. The second-order valence-electron chi connectivity index (χ2n) is 6.43. The van der Waals surface area contributed by atoms with Crippen LogP contribution < -0.4 is 5.73 Å². The third-order valence-corrected chi connectivity index (χ3v) is 6.00. The van der Waals surface area contributed by atoms with Gasteiger partial charge in [-0.2, -0.15) is 0 Å². The summed E-state index contributed by atoms with van der Waals surface area (Å²) in [5, 5.41) is 0.196. The van der Waals surface area contributed by atoms with Crippen LogP contribution in [-0.4, -0.2) is 20.2 Å². The Morgan fingerprint density at radius 2 is 1.81 bits per heavy atom. The minimum atomic E-state index is -0.816. The zero-order chi connectivity index (χ0) is 12.5. The fourth-order valence-corrected chi connectivity index (χ4v) is 4.27. The summed E-state index contributed by atoms with van der Waals surface area (Å²) in [7, 11) is -0.816. The van der Waals surface area contributed by atoms with Crippen molar-refractivity contribution in [1.82, 2.24) is 0 Å². The lowest BCUT2D eigenvalue weighted by Crippen LogP contribution is -2.47. The van der Waals surface area contributed by atoms with Crippen LogP contribution in [-0.2, 0) is 10.8 Å². The van der Waals surface area contributed by atoms with Gasteiger partial charge in [0, 0.05) is 21.6 Å². The van der Waals surface area contributed by atoms with E-state index in [1.807, 2.05) is 0 Å². The highest BCUT2D eigenvalue weighted by molar-refractivity contribution is 7.87. The summed E-state index contributed by atoms with van der Waals surface area (Å²) in [6.45, 7) is 10.7. The molecule has 2 N–H and O–H groups in total. The summed E-state index contributed by atoms with van der Waals surface area (Å²) < 4.78 is 12.3. The Bertz CT molecular complexity index is 257. The van der Waals surface area contributed by atoms with E-state index in [4.69, 9.17) is 5.73 Å². The summed E-state index contributed by atoms with van der Waals surface area (Å²) in [6, 6.07) is 0.134. The van der Waals surface area contributed by atoms with Gasteiger partial charge in [0.05, 0.1) is 5.25 Å². The Morgan fingerprint density at radius 1 is 1.25 bits per heavy atom. The van der Waals surface area contributed by atoms with Crippen LogP contribution in [0.2, 0.25) is 0 Å². The van der Waals surface area contributed by atoms with E-state index in [1.165, 1.54) is 6.42 Å². The largest absolute Gasteiger partial charge is 0.327 e.